The van der Waals surface area contributed by atoms with Gasteiger partial charge in [-0.05, 0) is 24.6 Å². The van der Waals surface area contributed by atoms with Crippen molar-refractivity contribution in [2.45, 2.75) is 13.5 Å². The lowest BCUT2D eigenvalue weighted by Crippen LogP contribution is -2.09. The fourth-order valence-electron chi connectivity index (χ4n) is 2.51. The number of hydrogen-bond acceptors (Lipinski definition) is 2. The van der Waals surface area contributed by atoms with Crippen LogP contribution in [0.5, 0.6) is 0 Å². The van der Waals surface area contributed by atoms with E-state index in [1.54, 1.807) is 11.7 Å². The molecular weight excluding hydrogens is 254 g/mol. The Morgan fingerprint density at radius 2 is 2.15 bits per heavy atom. The first-order valence-electron chi connectivity index (χ1n) is 6.36. The molecule has 0 saturated carbocycles. The fraction of sp³-hybridized carbons (Fsp3) is 0.200. The molecule has 3 rings (SSSR count). The lowest BCUT2D eigenvalue weighted by atomic mass is 10.1. The average molecular weight is 269 g/mol. The smallest absolute Gasteiger partial charge is 0.339 e. The summed E-state index contributed by atoms with van der Waals surface area (Å²) in [5.41, 5.74) is 3.26. The summed E-state index contributed by atoms with van der Waals surface area (Å²) in [5, 5.41) is 14.4. The van der Waals surface area contributed by atoms with Crippen molar-refractivity contribution in [2.75, 3.05) is 0 Å². The van der Waals surface area contributed by atoms with Crippen LogP contribution in [-0.2, 0) is 13.6 Å². The van der Waals surface area contributed by atoms with Crippen LogP contribution in [0.15, 0.2) is 36.7 Å². The van der Waals surface area contributed by atoms with Gasteiger partial charge < -0.3 is 9.67 Å². The molecule has 0 aliphatic heterocycles. The first kappa shape index (κ1) is 12.5. The molecule has 5 heteroatoms. The van der Waals surface area contributed by atoms with Crippen LogP contribution in [0.1, 0.15) is 21.6 Å². The fourth-order valence-corrected chi connectivity index (χ4v) is 2.51. The minimum absolute atomic E-state index is 0.252. The van der Waals surface area contributed by atoms with Crippen LogP contribution < -0.4 is 0 Å². The number of rotatable bonds is 3. The maximum atomic E-state index is 11.2. The van der Waals surface area contributed by atoms with Gasteiger partial charge in [0.2, 0.25) is 0 Å². The number of carboxylic acid groups (broad SMARTS) is 1. The third-order valence-electron chi connectivity index (χ3n) is 3.64. The normalized spacial score (nSPS) is 11.1. The number of hydrogen-bond donors (Lipinski definition) is 1. The number of nitrogens with zero attached hydrogens (tertiary/aromatic N) is 3. The maximum Gasteiger partial charge on any atom is 0.339 e. The predicted molar refractivity (Wildman–Crippen MR) is 75.9 cm³/mol. The van der Waals surface area contributed by atoms with Crippen LogP contribution >= 0.6 is 0 Å². The third kappa shape index (κ3) is 1.87. The molecule has 1 N–H and O–H groups in total. The van der Waals surface area contributed by atoms with Crippen LogP contribution in [0.25, 0.3) is 10.9 Å². The first-order valence-corrected chi connectivity index (χ1v) is 6.36. The minimum Gasteiger partial charge on any atom is -0.478 e. The van der Waals surface area contributed by atoms with Gasteiger partial charge in [0.15, 0.2) is 0 Å². The lowest BCUT2D eigenvalue weighted by Gasteiger charge is -2.08. The van der Waals surface area contributed by atoms with E-state index in [1.165, 1.54) is 17.1 Å². The van der Waals surface area contributed by atoms with Crippen molar-refractivity contribution >= 4 is 16.9 Å². The summed E-state index contributed by atoms with van der Waals surface area (Å²) in [6, 6.07) is 8.18. The standard InChI is InChI=1S/C15H15N3O2/c1-10-4-3-5-13-11(10)6-7-18(13)9-14-12(15(19)20)8-16-17(14)2/h3-8H,9H2,1-2H3,(H,19,20). The van der Waals surface area contributed by atoms with Crippen molar-refractivity contribution in [3.63, 3.8) is 0 Å². The number of carbonyl (C=O) groups is 1. The highest BCUT2D eigenvalue weighted by molar-refractivity contribution is 5.89. The topological polar surface area (TPSA) is 60.1 Å². The van der Waals surface area contributed by atoms with E-state index in [0.717, 1.165) is 5.52 Å². The van der Waals surface area contributed by atoms with Gasteiger partial charge in [-0.1, -0.05) is 12.1 Å². The molecule has 0 saturated heterocycles. The molecule has 102 valence electrons. The monoisotopic (exact) mass is 269 g/mol. The molecular formula is C15H15N3O2. The molecule has 0 aliphatic rings. The molecule has 2 aromatic heterocycles. The Kier molecular flexibility index (Phi) is 2.82. The van der Waals surface area contributed by atoms with Gasteiger partial charge in [-0.2, -0.15) is 5.10 Å². The molecule has 0 amide bonds. The zero-order valence-electron chi connectivity index (χ0n) is 11.4. The van der Waals surface area contributed by atoms with Crippen LogP contribution in [0.4, 0.5) is 0 Å². The van der Waals surface area contributed by atoms with E-state index in [2.05, 4.69) is 24.2 Å². The summed E-state index contributed by atoms with van der Waals surface area (Å²) in [4.78, 5) is 11.2. The lowest BCUT2D eigenvalue weighted by molar-refractivity contribution is 0.0695. The molecule has 2 heterocycles. The zero-order valence-corrected chi connectivity index (χ0v) is 11.4. The summed E-state index contributed by atoms with van der Waals surface area (Å²) in [6.07, 6.45) is 3.38. The Balaban J connectivity index is 2.08. The quantitative estimate of drug-likeness (QED) is 0.794. The third-order valence-corrected chi connectivity index (χ3v) is 3.64. The molecule has 0 radical (unpaired) electrons. The number of aromatic carboxylic acids is 1. The van der Waals surface area contributed by atoms with Crippen molar-refractivity contribution in [1.29, 1.82) is 0 Å². The molecule has 0 aliphatic carbocycles. The zero-order chi connectivity index (χ0) is 14.3. The summed E-state index contributed by atoms with van der Waals surface area (Å²) >= 11 is 0. The summed E-state index contributed by atoms with van der Waals surface area (Å²) in [6.45, 7) is 2.56. The predicted octanol–water partition coefficient (Wildman–Crippen LogP) is 2.43. The van der Waals surface area contributed by atoms with E-state index in [1.807, 2.05) is 22.9 Å². The molecule has 5 nitrogen and oxygen atoms in total. The van der Waals surface area contributed by atoms with Gasteiger partial charge in [-0.3, -0.25) is 4.68 Å². The Bertz CT molecular complexity index is 799. The van der Waals surface area contributed by atoms with Gasteiger partial charge in [0, 0.05) is 24.1 Å². The summed E-state index contributed by atoms with van der Waals surface area (Å²) in [5.74, 6) is -0.944. The second-order valence-corrected chi connectivity index (χ2v) is 4.89. The second kappa shape index (κ2) is 4.52. The van der Waals surface area contributed by atoms with Gasteiger partial charge >= 0.3 is 5.97 Å². The van der Waals surface area contributed by atoms with Gasteiger partial charge in [0.1, 0.15) is 5.56 Å². The second-order valence-electron chi connectivity index (χ2n) is 4.89. The highest BCUT2D eigenvalue weighted by atomic mass is 16.4. The number of aryl methyl sites for hydroxylation is 2. The van der Waals surface area contributed by atoms with Gasteiger partial charge in [-0.25, -0.2) is 4.79 Å². The SMILES string of the molecule is Cc1cccc2c1ccn2Cc1c(C(=O)O)cnn1C. The van der Waals surface area contributed by atoms with Crippen molar-refractivity contribution in [3.05, 3.63) is 53.5 Å². The first-order chi connectivity index (χ1) is 9.58. The van der Waals surface area contributed by atoms with E-state index in [0.29, 0.717) is 12.2 Å². The number of benzene rings is 1. The number of carboxylic acids is 1. The molecule has 20 heavy (non-hydrogen) atoms. The molecule has 1 aromatic carbocycles. The van der Waals surface area contributed by atoms with Gasteiger partial charge in [0.05, 0.1) is 18.4 Å². The summed E-state index contributed by atoms with van der Waals surface area (Å²) < 4.78 is 3.66. The van der Waals surface area contributed by atoms with Gasteiger partial charge in [-0.15, -0.1) is 0 Å². The molecule has 0 unspecified atom stereocenters. The molecule has 0 atom stereocenters. The van der Waals surface area contributed by atoms with Crippen molar-refractivity contribution in [3.8, 4) is 0 Å². The van der Waals surface area contributed by atoms with Crippen LogP contribution in [0.2, 0.25) is 0 Å². The van der Waals surface area contributed by atoms with Crippen LogP contribution in [0, 0.1) is 6.92 Å². The molecule has 3 aromatic rings. The van der Waals surface area contributed by atoms with Crippen LogP contribution in [0.3, 0.4) is 0 Å². The highest BCUT2D eigenvalue weighted by Gasteiger charge is 2.16. The van der Waals surface area contributed by atoms with Crippen molar-refractivity contribution in [1.82, 2.24) is 14.3 Å². The number of aromatic nitrogens is 3. The Morgan fingerprint density at radius 1 is 1.35 bits per heavy atom. The van der Waals surface area contributed by atoms with E-state index in [-0.39, 0.29) is 5.56 Å². The minimum atomic E-state index is -0.944. The Labute approximate surface area is 116 Å². The van der Waals surface area contributed by atoms with Crippen molar-refractivity contribution in [2.24, 2.45) is 7.05 Å². The molecule has 0 bridgehead atoms. The Hall–Kier alpha value is -2.56. The van der Waals surface area contributed by atoms with E-state index in [9.17, 15) is 9.90 Å². The largest absolute Gasteiger partial charge is 0.478 e. The van der Waals surface area contributed by atoms with E-state index < -0.39 is 5.97 Å². The maximum absolute atomic E-state index is 11.2. The highest BCUT2D eigenvalue weighted by Crippen LogP contribution is 2.21. The molecule has 0 fully saturated rings. The number of fused-ring (bicyclic) bond motifs is 1. The molecule has 0 spiro atoms. The Morgan fingerprint density at radius 3 is 2.90 bits per heavy atom. The van der Waals surface area contributed by atoms with Crippen LogP contribution in [-0.4, -0.2) is 25.4 Å². The van der Waals surface area contributed by atoms with E-state index >= 15 is 0 Å². The average Bonchev–Trinajstić information content (AvgIpc) is 2.97. The van der Waals surface area contributed by atoms with Gasteiger partial charge in [0.25, 0.3) is 0 Å². The van der Waals surface area contributed by atoms with Crippen molar-refractivity contribution < 1.29 is 9.90 Å². The van der Waals surface area contributed by atoms with E-state index in [4.69, 9.17) is 0 Å². The summed E-state index contributed by atoms with van der Waals surface area (Å²) in [7, 11) is 1.76.